The molecule has 84 valence electrons. The summed E-state index contributed by atoms with van der Waals surface area (Å²) < 4.78 is 1.16. The van der Waals surface area contributed by atoms with Crippen LogP contribution in [0.25, 0.3) is 10.2 Å². The summed E-state index contributed by atoms with van der Waals surface area (Å²) >= 11 is 1.54. The van der Waals surface area contributed by atoms with Crippen LogP contribution in [0, 0.1) is 0 Å². The Morgan fingerprint density at radius 2 is 1.82 bits per heavy atom. The van der Waals surface area contributed by atoms with Crippen LogP contribution in [0.1, 0.15) is 11.1 Å². The molecule has 2 nitrogen and oxygen atoms in total. The fourth-order valence-corrected chi connectivity index (χ4v) is 2.76. The normalized spacial score (nSPS) is 10.8. The molecule has 3 heteroatoms. The van der Waals surface area contributed by atoms with E-state index in [1.54, 1.807) is 11.3 Å². The number of anilines is 1. The van der Waals surface area contributed by atoms with E-state index < -0.39 is 0 Å². The Hall–Kier alpha value is -1.87. The molecular formula is C14H12N2S. The van der Waals surface area contributed by atoms with Gasteiger partial charge in [-0.05, 0) is 23.6 Å². The molecule has 3 rings (SSSR count). The summed E-state index contributed by atoms with van der Waals surface area (Å²) in [4.78, 5) is 4.41. The van der Waals surface area contributed by atoms with Crippen LogP contribution >= 0.6 is 11.3 Å². The monoisotopic (exact) mass is 240 g/mol. The summed E-state index contributed by atoms with van der Waals surface area (Å²) in [6, 6.07) is 16.7. The molecule has 17 heavy (non-hydrogen) atoms. The Morgan fingerprint density at radius 1 is 1.00 bits per heavy atom. The van der Waals surface area contributed by atoms with Crippen molar-refractivity contribution in [1.29, 1.82) is 0 Å². The maximum absolute atomic E-state index is 5.76. The molecule has 0 bridgehead atoms. The lowest BCUT2D eigenvalue weighted by molar-refractivity contribution is 1.20. The fourth-order valence-electron chi connectivity index (χ4n) is 1.98. The van der Waals surface area contributed by atoms with Gasteiger partial charge in [0.05, 0.1) is 10.2 Å². The molecule has 0 saturated heterocycles. The quantitative estimate of drug-likeness (QED) is 0.745. The van der Waals surface area contributed by atoms with E-state index in [0.717, 1.165) is 16.6 Å². The van der Waals surface area contributed by atoms with E-state index in [2.05, 4.69) is 47.4 Å². The van der Waals surface area contributed by atoms with Crippen LogP contribution in [0.2, 0.25) is 0 Å². The number of fused-ring (bicyclic) bond motifs is 1. The summed E-state index contributed by atoms with van der Waals surface area (Å²) in [6.45, 7) is 0. The van der Waals surface area contributed by atoms with Crippen LogP contribution in [0.5, 0.6) is 0 Å². The number of hydrogen-bond donors (Lipinski definition) is 1. The molecule has 0 spiro atoms. The van der Waals surface area contributed by atoms with Crippen LogP contribution in [0.15, 0.2) is 48.5 Å². The van der Waals surface area contributed by atoms with Gasteiger partial charge in [-0.15, -0.1) is 0 Å². The van der Waals surface area contributed by atoms with Gasteiger partial charge in [-0.25, -0.2) is 4.98 Å². The third-order valence-corrected chi connectivity index (χ3v) is 3.61. The van der Waals surface area contributed by atoms with Crippen molar-refractivity contribution in [2.45, 2.75) is 6.42 Å². The molecule has 0 atom stereocenters. The van der Waals surface area contributed by atoms with E-state index in [0.29, 0.717) is 5.13 Å². The molecule has 0 saturated carbocycles. The van der Waals surface area contributed by atoms with Crippen LogP contribution < -0.4 is 5.73 Å². The van der Waals surface area contributed by atoms with Gasteiger partial charge in [0.1, 0.15) is 0 Å². The first-order valence-corrected chi connectivity index (χ1v) is 6.32. The number of thiazole rings is 1. The lowest BCUT2D eigenvalue weighted by Crippen LogP contribution is -1.89. The maximum Gasteiger partial charge on any atom is 0.181 e. The second-order valence-electron chi connectivity index (χ2n) is 3.98. The summed E-state index contributed by atoms with van der Waals surface area (Å²) in [7, 11) is 0. The Bertz CT molecular complexity index is 644. The minimum absolute atomic E-state index is 0.639. The largest absolute Gasteiger partial charge is 0.375 e. The van der Waals surface area contributed by atoms with Gasteiger partial charge in [-0.1, -0.05) is 53.8 Å². The maximum atomic E-state index is 5.76. The van der Waals surface area contributed by atoms with Gasteiger partial charge in [-0.2, -0.15) is 0 Å². The third kappa shape index (κ3) is 2.01. The standard InChI is InChI=1S/C14H12N2S/c15-14-16-13-11(7-4-8-12(13)17-14)9-10-5-2-1-3-6-10/h1-8H,9H2,(H2,15,16). The molecule has 0 aliphatic rings. The highest BCUT2D eigenvalue weighted by molar-refractivity contribution is 7.22. The van der Waals surface area contributed by atoms with Crippen molar-refractivity contribution in [2.75, 3.05) is 5.73 Å². The number of nitrogens with zero attached hydrogens (tertiary/aromatic N) is 1. The Balaban J connectivity index is 2.06. The average Bonchev–Trinajstić information content (AvgIpc) is 2.72. The van der Waals surface area contributed by atoms with Gasteiger partial charge >= 0.3 is 0 Å². The number of benzene rings is 2. The van der Waals surface area contributed by atoms with Crippen LogP contribution in [-0.4, -0.2) is 4.98 Å². The van der Waals surface area contributed by atoms with Crippen molar-refractivity contribution in [3.8, 4) is 0 Å². The topological polar surface area (TPSA) is 38.9 Å². The molecule has 0 unspecified atom stereocenters. The van der Waals surface area contributed by atoms with Crippen molar-refractivity contribution in [3.63, 3.8) is 0 Å². The van der Waals surface area contributed by atoms with Crippen molar-refractivity contribution in [2.24, 2.45) is 0 Å². The zero-order chi connectivity index (χ0) is 11.7. The number of nitrogens with two attached hydrogens (primary N) is 1. The summed E-state index contributed by atoms with van der Waals surface area (Å²) in [5.74, 6) is 0. The van der Waals surface area contributed by atoms with E-state index >= 15 is 0 Å². The minimum Gasteiger partial charge on any atom is -0.375 e. The van der Waals surface area contributed by atoms with E-state index in [4.69, 9.17) is 5.73 Å². The lowest BCUT2D eigenvalue weighted by Gasteiger charge is -2.02. The number of para-hydroxylation sites is 1. The van der Waals surface area contributed by atoms with E-state index in [-0.39, 0.29) is 0 Å². The van der Waals surface area contributed by atoms with Gasteiger partial charge < -0.3 is 5.73 Å². The predicted octanol–water partition coefficient (Wildman–Crippen LogP) is 3.47. The van der Waals surface area contributed by atoms with Crippen molar-refractivity contribution in [3.05, 3.63) is 59.7 Å². The Morgan fingerprint density at radius 3 is 2.65 bits per heavy atom. The zero-order valence-electron chi connectivity index (χ0n) is 9.26. The molecule has 1 aromatic heterocycles. The second kappa shape index (κ2) is 4.18. The first-order valence-electron chi connectivity index (χ1n) is 5.51. The van der Waals surface area contributed by atoms with E-state index in [9.17, 15) is 0 Å². The van der Waals surface area contributed by atoms with Crippen molar-refractivity contribution < 1.29 is 0 Å². The Kier molecular flexibility index (Phi) is 2.53. The average molecular weight is 240 g/mol. The third-order valence-electron chi connectivity index (χ3n) is 2.76. The zero-order valence-corrected chi connectivity index (χ0v) is 10.1. The molecule has 3 aromatic rings. The van der Waals surface area contributed by atoms with Gasteiger partial charge in [0, 0.05) is 0 Å². The molecule has 0 aliphatic carbocycles. The summed E-state index contributed by atoms with van der Waals surface area (Å²) in [6.07, 6.45) is 0.904. The van der Waals surface area contributed by atoms with Crippen molar-refractivity contribution in [1.82, 2.24) is 4.98 Å². The highest BCUT2D eigenvalue weighted by Gasteiger charge is 2.06. The number of aromatic nitrogens is 1. The molecule has 0 radical (unpaired) electrons. The van der Waals surface area contributed by atoms with Crippen LogP contribution in [0.3, 0.4) is 0 Å². The van der Waals surface area contributed by atoms with Crippen LogP contribution in [-0.2, 0) is 6.42 Å². The van der Waals surface area contributed by atoms with E-state index in [1.165, 1.54) is 11.1 Å². The highest BCUT2D eigenvalue weighted by Crippen LogP contribution is 2.27. The SMILES string of the molecule is Nc1nc2c(Cc3ccccc3)cccc2s1. The number of rotatable bonds is 2. The number of hydrogen-bond acceptors (Lipinski definition) is 3. The number of nitrogen functional groups attached to an aromatic ring is 1. The van der Waals surface area contributed by atoms with E-state index in [1.807, 2.05) is 6.07 Å². The van der Waals surface area contributed by atoms with Crippen molar-refractivity contribution >= 4 is 26.7 Å². The second-order valence-corrected chi connectivity index (χ2v) is 5.04. The molecule has 0 amide bonds. The predicted molar refractivity (Wildman–Crippen MR) is 73.3 cm³/mol. The molecule has 2 aromatic carbocycles. The molecule has 0 aliphatic heterocycles. The highest BCUT2D eigenvalue weighted by atomic mass is 32.1. The van der Waals surface area contributed by atoms with Gasteiger partial charge in [0.2, 0.25) is 0 Å². The lowest BCUT2D eigenvalue weighted by atomic mass is 10.0. The summed E-state index contributed by atoms with van der Waals surface area (Å²) in [5, 5.41) is 0.639. The first-order chi connectivity index (χ1) is 8.33. The van der Waals surface area contributed by atoms with Crippen LogP contribution in [0.4, 0.5) is 5.13 Å². The molecule has 2 N–H and O–H groups in total. The first kappa shape index (κ1) is 10.3. The Labute approximate surface area is 104 Å². The smallest absolute Gasteiger partial charge is 0.181 e. The minimum atomic E-state index is 0.639. The molecular weight excluding hydrogens is 228 g/mol. The molecule has 1 heterocycles. The molecule has 0 fully saturated rings. The van der Waals surface area contributed by atoms with Gasteiger partial charge in [0.25, 0.3) is 0 Å². The van der Waals surface area contributed by atoms with Gasteiger partial charge in [-0.3, -0.25) is 0 Å². The fraction of sp³-hybridized carbons (Fsp3) is 0.0714. The van der Waals surface area contributed by atoms with Gasteiger partial charge in [0.15, 0.2) is 5.13 Å². The summed E-state index contributed by atoms with van der Waals surface area (Å²) in [5.41, 5.74) is 9.34.